The summed E-state index contributed by atoms with van der Waals surface area (Å²) in [5.74, 6) is -1.07. The van der Waals surface area contributed by atoms with Crippen molar-refractivity contribution in [3.8, 4) is 0 Å². The summed E-state index contributed by atoms with van der Waals surface area (Å²) < 4.78 is 6.72. The lowest BCUT2D eigenvalue weighted by atomic mass is 9.99. The third-order valence-corrected chi connectivity index (χ3v) is 5.02. The minimum Gasteiger partial charge on any atom is -0.469 e. The Balaban J connectivity index is 2.19. The Kier molecular flexibility index (Phi) is 5.95. The molecule has 0 spiro atoms. The van der Waals surface area contributed by atoms with Crippen LogP contribution < -0.4 is 0 Å². The Morgan fingerprint density at radius 3 is 2.39 bits per heavy atom. The van der Waals surface area contributed by atoms with Crippen LogP contribution in [-0.2, 0) is 27.3 Å². The largest absolute Gasteiger partial charge is 0.469 e. The Labute approximate surface area is 167 Å². The number of halogens is 1. The number of ether oxygens (including phenoxy) is 1. The number of carbonyl (C=O) groups is 3. The van der Waals surface area contributed by atoms with Gasteiger partial charge in [-0.2, -0.15) is 0 Å². The Morgan fingerprint density at radius 1 is 1.04 bits per heavy atom. The molecule has 0 amide bonds. The zero-order chi connectivity index (χ0) is 20.3. The standard InChI is InChI=1S/C22H20ClNO4/c1-14-19(21(26)22(23)27)20-16(11-12-18(25)28-2)9-6-10-17(20)24(14)13-15-7-4-3-5-8-15/h3-10H,11-13H2,1-2H3. The number of nitrogens with zero attached hydrogens (tertiary/aromatic N) is 1. The van der Waals surface area contributed by atoms with Gasteiger partial charge >= 0.3 is 5.97 Å². The van der Waals surface area contributed by atoms with E-state index in [2.05, 4.69) is 0 Å². The van der Waals surface area contributed by atoms with Crippen molar-refractivity contribution in [2.24, 2.45) is 0 Å². The van der Waals surface area contributed by atoms with Crippen molar-refractivity contribution in [3.05, 3.63) is 70.9 Å². The fraction of sp³-hybridized carbons (Fsp3) is 0.227. The lowest BCUT2D eigenvalue weighted by molar-refractivity contribution is -0.140. The van der Waals surface area contributed by atoms with Gasteiger partial charge in [0.1, 0.15) is 0 Å². The monoisotopic (exact) mass is 397 g/mol. The van der Waals surface area contributed by atoms with E-state index in [1.807, 2.05) is 53.1 Å². The Morgan fingerprint density at radius 2 is 1.75 bits per heavy atom. The SMILES string of the molecule is COC(=O)CCc1cccc2c1c(C(=O)C(=O)Cl)c(C)n2Cc1ccccc1. The maximum Gasteiger partial charge on any atom is 0.305 e. The molecule has 2 aromatic carbocycles. The highest BCUT2D eigenvalue weighted by Gasteiger charge is 2.25. The summed E-state index contributed by atoms with van der Waals surface area (Å²) in [6.07, 6.45) is 0.580. The van der Waals surface area contributed by atoms with Crippen LogP contribution in [0.1, 0.15) is 33.6 Å². The number of rotatable bonds is 7. The quantitative estimate of drug-likeness (QED) is 0.261. The molecule has 0 atom stereocenters. The average Bonchev–Trinajstić information content (AvgIpc) is 2.98. The number of fused-ring (bicyclic) bond motifs is 1. The van der Waals surface area contributed by atoms with Crippen LogP contribution in [0.25, 0.3) is 10.9 Å². The molecular weight excluding hydrogens is 378 g/mol. The van der Waals surface area contributed by atoms with Gasteiger partial charge in [0.25, 0.3) is 5.24 Å². The van der Waals surface area contributed by atoms with Crippen LogP contribution in [-0.4, -0.2) is 28.7 Å². The van der Waals surface area contributed by atoms with Crippen molar-refractivity contribution >= 4 is 39.5 Å². The first-order valence-electron chi connectivity index (χ1n) is 8.89. The van der Waals surface area contributed by atoms with Crippen molar-refractivity contribution in [2.45, 2.75) is 26.3 Å². The molecule has 1 aromatic heterocycles. The number of aryl methyl sites for hydroxylation is 1. The van der Waals surface area contributed by atoms with E-state index in [-0.39, 0.29) is 12.4 Å². The molecule has 0 fully saturated rings. The highest BCUT2D eigenvalue weighted by molar-refractivity contribution is 6.83. The second-order valence-electron chi connectivity index (χ2n) is 6.52. The molecule has 6 heteroatoms. The summed E-state index contributed by atoms with van der Waals surface area (Å²) in [5.41, 5.74) is 3.66. The molecule has 0 saturated carbocycles. The Bertz CT molecular complexity index is 1050. The van der Waals surface area contributed by atoms with Gasteiger partial charge in [0.2, 0.25) is 5.78 Å². The van der Waals surface area contributed by atoms with Crippen LogP contribution in [0.3, 0.4) is 0 Å². The molecule has 0 unspecified atom stereocenters. The number of hydrogen-bond acceptors (Lipinski definition) is 4. The van der Waals surface area contributed by atoms with Crippen LogP contribution >= 0.6 is 11.6 Å². The minimum absolute atomic E-state index is 0.182. The zero-order valence-electron chi connectivity index (χ0n) is 15.7. The summed E-state index contributed by atoms with van der Waals surface area (Å²) in [6, 6.07) is 15.5. The van der Waals surface area contributed by atoms with E-state index in [1.54, 1.807) is 6.92 Å². The molecule has 1 heterocycles. The summed E-state index contributed by atoms with van der Waals surface area (Å²) in [6.45, 7) is 2.35. The highest BCUT2D eigenvalue weighted by Crippen LogP contribution is 2.31. The first kappa shape index (κ1) is 19.8. The summed E-state index contributed by atoms with van der Waals surface area (Å²) in [5, 5.41) is -0.358. The molecule has 0 radical (unpaired) electrons. The van der Waals surface area contributed by atoms with E-state index in [0.717, 1.165) is 16.6 Å². The van der Waals surface area contributed by atoms with E-state index in [9.17, 15) is 14.4 Å². The number of Topliss-reactive ketones (excluding diaryl/α,β-unsaturated/α-hetero) is 1. The van der Waals surface area contributed by atoms with Gasteiger partial charge in [-0.3, -0.25) is 14.4 Å². The average molecular weight is 398 g/mol. The molecule has 28 heavy (non-hydrogen) atoms. The van der Waals surface area contributed by atoms with Crippen LogP contribution in [0, 0.1) is 6.92 Å². The third-order valence-electron chi connectivity index (χ3n) is 4.85. The van der Waals surface area contributed by atoms with E-state index >= 15 is 0 Å². The minimum atomic E-state index is -1.02. The molecule has 0 N–H and O–H groups in total. The van der Waals surface area contributed by atoms with E-state index in [4.69, 9.17) is 16.3 Å². The van der Waals surface area contributed by atoms with E-state index in [1.165, 1.54) is 7.11 Å². The van der Waals surface area contributed by atoms with Crippen LogP contribution in [0.2, 0.25) is 0 Å². The number of ketones is 1. The lowest BCUT2D eigenvalue weighted by Gasteiger charge is -2.09. The number of aromatic nitrogens is 1. The highest BCUT2D eigenvalue weighted by atomic mass is 35.5. The molecule has 144 valence electrons. The number of esters is 1. The predicted octanol–water partition coefficient (Wildman–Crippen LogP) is 4.05. The van der Waals surface area contributed by atoms with Crippen LogP contribution in [0.4, 0.5) is 0 Å². The molecule has 0 bridgehead atoms. The second kappa shape index (κ2) is 8.40. The molecule has 0 aliphatic heterocycles. The van der Waals surface area contributed by atoms with Crippen molar-refractivity contribution in [1.82, 2.24) is 4.57 Å². The van der Waals surface area contributed by atoms with Gasteiger partial charge in [0.05, 0.1) is 12.7 Å². The topological polar surface area (TPSA) is 65.4 Å². The van der Waals surface area contributed by atoms with E-state index < -0.39 is 11.0 Å². The van der Waals surface area contributed by atoms with Crippen molar-refractivity contribution in [2.75, 3.05) is 7.11 Å². The molecule has 0 aliphatic rings. The summed E-state index contributed by atoms with van der Waals surface area (Å²) in [7, 11) is 1.34. The van der Waals surface area contributed by atoms with Gasteiger partial charge in [0.15, 0.2) is 0 Å². The molecule has 3 aromatic rings. The van der Waals surface area contributed by atoms with Crippen LogP contribution in [0.5, 0.6) is 0 Å². The zero-order valence-corrected chi connectivity index (χ0v) is 16.5. The lowest BCUT2D eigenvalue weighted by Crippen LogP contribution is -2.10. The Hall–Kier alpha value is -2.92. The fourth-order valence-electron chi connectivity index (χ4n) is 3.49. The number of hydrogen-bond donors (Lipinski definition) is 0. The van der Waals surface area contributed by atoms with Gasteiger partial charge in [-0.15, -0.1) is 0 Å². The summed E-state index contributed by atoms with van der Waals surface area (Å²) in [4.78, 5) is 35.9. The van der Waals surface area contributed by atoms with E-state index in [0.29, 0.717) is 29.6 Å². The number of carbonyl (C=O) groups excluding carboxylic acids is 3. The first-order chi connectivity index (χ1) is 13.4. The maximum atomic E-state index is 12.6. The smallest absolute Gasteiger partial charge is 0.305 e. The molecule has 5 nitrogen and oxygen atoms in total. The van der Waals surface area contributed by atoms with Gasteiger partial charge in [-0.1, -0.05) is 42.5 Å². The normalized spacial score (nSPS) is 10.8. The number of methoxy groups -OCH3 is 1. The molecule has 0 saturated heterocycles. The second-order valence-corrected chi connectivity index (χ2v) is 6.87. The van der Waals surface area contributed by atoms with Crippen molar-refractivity contribution in [1.29, 1.82) is 0 Å². The van der Waals surface area contributed by atoms with Crippen molar-refractivity contribution in [3.63, 3.8) is 0 Å². The van der Waals surface area contributed by atoms with Crippen molar-refractivity contribution < 1.29 is 19.1 Å². The molecule has 0 aliphatic carbocycles. The van der Waals surface area contributed by atoms with Gasteiger partial charge in [-0.05, 0) is 42.1 Å². The fourth-order valence-corrected chi connectivity index (χ4v) is 3.58. The number of benzene rings is 2. The maximum absolute atomic E-state index is 12.6. The molecule has 3 rings (SSSR count). The van der Waals surface area contributed by atoms with Gasteiger partial charge in [0, 0.05) is 29.6 Å². The molecular formula is C22H20ClNO4. The van der Waals surface area contributed by atoms with Gasteiger partial charge in [-0.25, -0.2) is 0 Å². The summed E-state index contributed by atoms with van der Waals surface area (Å²) >= 11 is 5.54. The predicted molar refractivity (Wildman–Crippen MR) is 108 cm³/mol. The third kappa shape index (κ3) is 3.85. The van der Waals surface area contributed by atoms with Gasteiger partial charge < -0.3 is 9.30 Å². The van der Waals surface area contributed by atoms with Crippen LogP contribution in [0.15, 0.2) is 48.5 Å². The first-order valence-corrected chi connectivity index (χ1v) is 9.27.